The molecule has 11 heteroatoms. The predicted octanol–water partition coefficient (Wildman–Crippen LogP) is 3.72. The van der Waals surface area contributed by atoms with Crippen molar-refractivity contribution in [3.63, 3.8) is 0 Å². The number of carboxylic acid groups (broad SMARTS) is 1. The molecule has 32 heavy (non-hydrogen) atoms. The Labute approximate surface area is 190 Å². The largest absolute Gasteiger partial charge is 0.487 e. The number of ether oxygens (including phenoxy) is 1. The molecular formula is C21H19BrF2N4O4. The maximum absolute atomic E-state index is 13.8. The molecule has 0 fully saturated rings. The molecule has 0 unspecified atom stereocenters. The van der Waals surface area contributed by atoms with Crippen molar-refractivity contribution in [3.05, 3.63) is 85.8 Å². The van der Waals surface area contributed by atoms with Gasteiger partial charge in [0.05, 0.1) is 36.9 Å². The molecule has 0 saturated carbocycles. The van der Waals surface area contributed by atoms with Gasteiger partial charge in [0.25, 0.3) is 5.56 Å². The molecular weight excluding hydrogens is 490 g/mol. The first-order valence-corrected chi connectivity index (χ1v) is 10.2. The zero-order valence-electron chi connectivity index (χ0n) is 17.2. The van der Waals surface area contributed by atoms with Crippen LogP contribution in [0, 0.1) is 18.6 Å². The van der Waals surface area contributed by atoms with Gasteiger partial charge in [0, 0.05) is 30.4 Å². The summed E-state index contributed by atoms with van der Waals surface area (Å²) in [5.74, 6) is -1.19. The van der Waals surface area contributed by atoms with Crippen molar-refractivity contribution in [2.75, 3.05) is 7.05 Å². The minimum absolute atomic E-state index is 0.0911. The van der Waals surface area contributed by atoms with Crippen molar-refractivity contribution in [1.29, 1.82) is 0 Å². The first-order chi connectivity index (χ1) is 15.2. The first-order valence-electron chi connectivity index (χ1n) is 9.36. The Balaban J connectivity index is 1.75. The fourth-order valence-electron chi connectivity index (χ4n) is 2.83. The Bertz CT molecular complexity index is 1200. The first kappa shape index (κ1) is 23.3. The van der Waals surface area contributed by atoms with Crippen molar-refractivity contribution < 1.29 is 23.4 Å². The molecule has 168 valence electrons. The third-order valence-corrected chi connectivity index (χ3v) is 5.35. The molecule has 3 rings (SSSR count). The quantitative estimate of drug-likeness (QED) is 0.522. The summed E-state index contributed by atoms with van der Waals surface area (Å²) in [6.07, 6.45) is 1.86. The second-order valence-corrected chi connectivity index (χ2v) is 7.81. The zero-order valence-corrected chi connectivity index (χ0v) is 18.8. The summed E-state index contributed by atoms with van der Waals surface area (Å²) in [5, 5.41) is 8.92. The van der Waals surface area contributed by atoms with E-state index in [1.165, 1.54) is 30.1 Å². The van der Waals surface area contributed by atoms with E-state index in [0.29, 0.717) is 17.1 Å². The zero-order chi connectivity index (χ0) is 23.4. The molecule has 0 aliphatic heterocycles. The van der Waals surface area contributed by atoms with Gasteiger partial charge >= 0.3 is 6.09 Å². The average molecular weight is 509 g/mol. The third-order valence-electron chi connectivity index (χ3n) is 4.62. The van der Waals surface area contributed by atoms with Gasteiger partial charge in [0.2, 0.25) is 0 Å². The lowest BCUT2D eigenvalue weighted by molar-refractivity contribution is 0.153. The lowest BCUT2D eigenvalue weighted by Crippen LogP contribution is -2.25. The van der Waals surface area contributed by atoms with E-state index in [9.17, 15) is 18.4 Å². The van der Waals surface area contributed by atoms with Gasteiger partial charge < -0.3 is 19.3 Å². The van der Waals surface area contributed by atoms with E-state index >= 15 is 0 Å². The minimum atomic E-state index is -1.08. The second kappa shape index (κ2) is 9.86. The molecule has 1 amide bonds. The van der Waals surface area contributed by atoms with E-state index in [4.69, 9.17) is 9.84 Å². The summed E-state index contributed by atoms with van der Waals surface area (Å²) in [5.41, 5.74) is 1.33. The van der Waals surface area contributed by atoms with Crippen LogP contribution >= 0.6 is 15.9 Å². The molecule has 1 N–H and O–H groups in total. The van der Waals surface area contributed by atoms with Crippen molar-refractivity contribution in [2.45, 2.75) is 26.6 Å². The fraction of sp³-hybridized carbons (Fsp3) is 0.238. The van der Waals surface area contributed by atoms with E-state index in [2.05, 4.69) is 25.9 Å². The fourth-order valence-corrected chi connectivity index (χ4v) is 3.27. The van der Waals surface area contributed by atoms with Gasteiger partial charge in [-0.25, -0.2) is 13.6 Å². The number of pyridine rings is 1. The number of nitrogens with zero attached hydrogens (tertiary/aromatic N) is 4. The van der Waals surface area contributed by atoms with Crippen LogP contribution in [0.15, 0.2) is 45.9 Å². The molecule has 0 aliphatic carbocycles. The highest BCUT2D eigenvalue weighted by Gasteiger charge is 2.15. The summed E-state index contributed by atoms with van der Waals surface area (Å²) >= 11 is 3.23. The molecule has 0 spiro atoms. The predicted molar refractivity (Wildman–Crippen MR) is 114 cm³/mol. The van der Waals surface area contributed by atoms with Crippen LogP contribution in [0.1, 0.15) is 22.6 Å². The maximum Gasteiger partial charge on any atom is 0.407 e. The molecule has 0 atom stereocenters. The number of amides is 1. The number of benzene rings is 1. The number of hydrogen-bond acceptors (Lipinski definition) is 5. The lowest BCUT2D eigenvalue weighted by atomic mass is 10.2. The van der Waals surface area contributed by atoms with Crippen molar-refractivity contribution in [2.24, 2.45) is 0 Å². The highest BCUT2D eigenvalue weighted by atomic mass is 79.9. The van der Waals surface area contributed by atoms with Gasteiger partial charge in [-0.05, 0) is 35.0 Å². The lowest BCUT2D eigenvalue weighted by Gasteiger charge is -2.15. The van der Waals surface area contributed by atoms with Crippen LogP contribution in [0.3, 0.4) is 0 Å². The Morgan fingerprint density at radius 1 is 1.22 bits per heavy atom. The van der Waals surface area contributed by atoms with Crippen molar-refractivity contribution in [1.82, 2.24) is 19.4 Å². The summed E-state index contributed by atoms with van der Waals surface area (Å²) in [7, 11) is 1.42. The van der Waals surface area contributed by atoms with Gasteiger partial charge in [-0.15, -0.1) is 0 Å². The van der Waals surface area contributed by atoms with Crippen LogP contribution < -0.4 is 10.3 Å². The van der Waals surface area contributed by atoms with Gasteiger partial charge in [-0.3, -0.25) is 14.8 Å². The highest BCUT2D eigenvalue weighted by molar-refractivity contribution is 9.10. The van der Waals surface area contributed by atoms with E-state index in [1.807, 2.05) is 0 Å². The topological polar surface area (TPSA) is 97.6 Å². The summed E-state index contributed by atoms with van der Waals surface area (Å²) < 4.78 is 34.1. The molecule has 2 heterocycles. The smallest absolute Gasteiger partial charge is 0.407 e. The molecule has 2 aromatic heterocycles. The maximum atomic E-state index is 13.8. The van der Waals surface area contributed by atoms with Gasteiger partial charge in [0.1, 0.15) is 28.5 Å². The monoisotopic (exact) mass is 508 g/mol. The van der Waals surface area contributed by atoms with E-state index in [-0.39, 0.29) is 41.0 Å². The molecule has 0 aliphatic rings. The molecule has 0 saturated heterocycles. The normalized spacial score (nSPS) is 10.8. The number of aromatic nitrogens is 3. The Morgan fingerprint density at radius 2 is 1.91 bits per heavy atom. The van der Waals surface area contributed by atoms with Crippen LogP contribution in [0.5, 0.6) is 5.75 Å². The van der Waals surface area contributed by atoms with Crippen molar-refractivity contribution in [3.8, 4) is 5.75 Å². The van der Waals surface area contributed by atoms with Crippen LogP contribution in [0.2, 0.25) is 0 Å². The van der Waals surface area contributed by atoms with E-state index in [0.717, 1.165) is 17.0 Å². The molecule has 1 aromatic carbocycles. The Morgan fingerprint density at radius 3 is 2.53 bits per heavy atom. The standard InChI is InChI=1S/C21H19BrF2N4O4/c1-12-5-18(32-11-13-3-4-14(23)6-17(13)24)19(22)20(29)28(12)10-16-8-25-15(7-26-16)9-27(2)21(30)31/h3-8H,9-11H2,1-2H3,(H,30,31). The van der Waals surface area contributed by atoms with Crippen LogP contribution in [-0.2, 0) is 19.7 Å². The average Bonchev–Trinajstić information content (AvgIpc) is 2.75. The molecule has 3 aromatic rings. The third kappa shape index (κ3) is 5.47. The molecule has 0 bridgehead atoms. The highest BCUT2D eigenvalue weighted by Crippen LogP contribution is 2.24. The van der Waals surface area contributed by atoms with Crippen LogP contribution in [-0.4, -0.2) is 37.7 Å². The van der Waals surface area contributed by atoms with Gasteiger partial charge in [0.15, 0.2) is 0 Å². The molecule has 0 radical (unpaired) electrons. The second-order valence-electron chi connectivity index (χ2n) is 7.02. The summed E-state index contributed by atoms with van der Waals surface area (Å²) in [6, 6.07) is 4.80. The summed E-state index contributed by atoms with van der Waals surface area (Å²) in [6.45, 7) is 1.76. The van der Waals surface area contributed by atoms with Crippen LogP contribution in [0.25, 0.3) is 0 Å². The number of aryl methyl sites for hydroxylation is 1. The number of halogens is 3. The van der Waals surface area contributed by atoms with Crippen LogP contribution in [0.4, 0.5) is 13.6 Å². The Hall–Kier alpha value is -3.34. The summed E-state index contributed by atoms with van der Waals surface area (Å²) in [4.78, 5) is 33.2. The van der Waals surface area contributed by atoms with E-state index < -0.39 is 17.7 Å². The minimum Gasteiger partial charge on any atom is -0.487 e. The van der Waals surface area contributed by atoms with Gasteiger partial charge in [-0.2, -0.15) is 0 Å². The SMILES string of the molecule is Cc1cc(OCc2ccc(F)cc2F)c(Br)c(=O)n1Cc1cnc(CN(C)C(=O)O)cn1. The number of rotatable bonds is 7. The van der Waals surface area contributed by atoms with E-state index in [1.54, 1.807) is 13.0 Å². The van der Waals surface area contributed by atoms with Crippen molar-refractivity contribution >= 4 is 22.0 Å². The number of hydrogen-bond donors (Lipinski definition) is 1. The Kier molecular flexibility index (Phi) is 7.18. The van der Waals surface area contributed by atoms with Gasteiger partial charge in [-0.1, -0.05) is 0 Å². The molecule has 8 nitrogen and oxygen atoms in total. The number of carbonyl (C=O) groups is 1.